The van der Waals surface area contributed by atoms with E-state index in [9.17, 15) is 10.1 Å². The van der Waals surface area contributed by atoms with Gasteiger partial charge in [0, 0.05) is 38.4 Å². The summed E-state index contributed by atoms with van der Waals surface area (Å²) < 4.78 is 0. The highest BCUT2D eigenvalue weighted by Gasteiger charge is 2.33. The standard InChI is InChI=1S/C20H29N5O/c1-15(2)18(20(26)23-17-7-3-4-8-17)24-10-12-25(13-11-24)19-16(14-21)6-5-9-22-19/h5-6,9,15,17-18H,3-4,7-8,10-13H2,1-2H3,(H,23,26). The zero-order chi connectivity index (χ0) is 18.5. The Morgan fingerprint density at radius 2 is 1.96 bits per heavy atom. The van der Waals surface area contributed by atoms with E-state index in [0.29, 0.717) is 11.6 Å². The minimum Gasteiger partial charge on any atom is -0.353 e. The van der Waals surface area contributed by atoms with E-state index in [4.69, 9.17) is 0 Å². The largest absolute Gasteiger partial charge is 0.353 e. The Morgan fingerprint density at radius 1 is 1.27 bits per heavy atom. The van der Waals surface area contributed by atoms with Crippen molar-refractivity contribution in [3.63, 3.8) is 0 Å². The van der Waals surface area contributed by atoms with Crippen molar-refractivity contribution in [1.29, 1.82) is 5.26 Å². The third-order valence-electron chi connectivity index (χ3n) is 5.52. The molecule has 0 spiro atoms. The van der Waals surface area contributed by atoms with Gasteiger partial charge in [0.05, 0.1) is 11.6 Å². The van der Waals surface area contributed by atoms with E-state index in [0.717, 1.165) is 44.8 Å². The molecule has 0 radical (unpaired) electrons. The van der Waals surface area contributed by atoms with Gasteiger partial charge in [-0.2, -0.15) is 5.26 Å². The maximum absolute atomic E-state index is 12.9. The second kappa shape index (κ2) is 8.50. The molecule has 1 aliphatic carbocycles. The SMILES string of the molecule is CC(C)C(C(=O)NC1CCCC1)N1CCN(c2ncccc2C#N)CC1. The van der Waals surface area contributed by atoms with Gasteiger partial charge in [-0.15, -0.1) is 0 Å². The summed E-state index contributed by atoms with van der Waals surface area (Å²) in [4.78, 5) is 21.7. The van der Waals surface area contributed by atoms with E-state index in [-0.39, 0.29) is 17.9 Å². The molecule has 1 aromatic heterocycles. The van der Waals surface area contributed by atoms with Crippen LogP contribution in [0.2, 0.25) is 0 Å². The Kier molecular flexibility index (Phi) is 6.10. The van der Waals surface area contributed by atoms with Crippen LogP contribution < -0.4 is 10.2 Å². The van der Waals surface area contributed by atoms with Crippen LogP contribution >= 0.6 is 0 Å². The number of hydrogen-bond acceptors (Lipinski definition) is 5. The summed E-state index contributed by atoms with van der Waals surface area (Å²) in [5.74, 6) is 1.20. The Labute approximate surface area is 156 Å². The predicted octanol–water partition coefficient (Wildman–Crippen LogP) is 2.16. The van der Waals surface area contributed by atoms with Crippen LogP contribution in [0, 0.1) is 17.2 Å². The van der Waals surface area contributed by atoms with E-state index in [1.807, 2.05) is 0 Å². The van der Waals surface area contributed by atoms with Crippen molar-refractivity contribution in [2.45, 2.75) is 51.6 Å². The summed E-state index contributed by atoms with van der Waals surface area (Å²) >= 11 is 0. The highest BCUT2D eigenvalue weighted by atomic mass is 16.2. The number of anilines is 1. The van der Waals surface area contributed by atoms with Crippen LogP contribution in [-0.4, -0.2) is 54.1 Å². The van der Waals surface area contributed by atoms with Crippen LogP contribution in [0.15, 0.2) is 18.3 Å². The Hall–Kier alpha value is -2.13. The summed E-state index contributed by atoms with van der Waals surface area (Å²) in [5, 5.41) is 12.6. The average Bonchev–Trinajstić information content (AvgIpc) is 3.15. The molecule has 1 N–H and O–H groups in total. The van der Waals surface area contributed by atoms with E-state index in [1.54, 1.807) is 18.3 Å². The molecule has 1 saturated carbocycles. The number of aromatic nitrogens is 1. The van der Waals surface area contributed by atoms with E-state index < -0.39 is 0 Å². The van der Waals surface area contributed by atoms with Gasteiger partial charge in [0.1, 0.15) is 11.9 Å². The molecule has 1 unspecified atom stereocenters. The van der Waals surface area contributed by atoms with Gasteiger partial charge in [0.2, 0.25) is 5.91 Å². The van der Waals surface area contributed by atoms with Crippen molar-refractivity contribution in [2.75, 3.05) is 31.1 Å². The number of nitriles is 1. The number of carbonyl (C=O) groups excluding carboxylic acids is 1. The van der Waals surface area contributed by atoms with Crippen molar-refractivity contribution in [2.24, 2.45) is 5.92 Å². The van der Waals surface area contributed by atoms with Crippen LogP contribution in [0.5, 0.6) is 0 Å². The molecular formula is C20H29N5O. The second-order valence-corrected chi connectivity index (χ2v) is 7.69. The lowest BCUT2D eigenvalue weighted by atomic mass is 10.00. The lowest BCUT2D eigenvalue weighted by Gasteiger charge is -2.41. The van der Waals surface area contributed by atoms with E-state index in [1.165, 1.54) is 12.8 Å². The minimum atomic E-state index is -0.0862. The molecule has 0 bridgehead atoms. The van der Waals surface area contributed by atoms with Gasteiger partial charge < -0.3 is 10.2 Å². The zero-order valence-corrected chi connectivity index (χ0v) is 15.8. The zero-order valence-electron chi connectivity index (χ0n) is 15.8. The fourth-order valence-corrected chi connectivity index (χ4v) is 4.20. The third-order valence-corrected chi connectivity index (χ3v) is 5.52. The number of piperazine rings is 1. The molecular weight excluding hydrogens is 326 g/mol. The molecule has 3 rings (SSSR count). The lowest BCUT2D eigenvalue weighted by Crippen LogP contribution is -2.57. The van der Waals surface area contributed by atoms with Crippen LogP contribution in [-0.2, 0) is 4.79 Å². The first kappa shape index (κ1) is 18.7. The van der Waals surface area contributed by atoms with E-state index in [2.05, 4.69) is 40.0 Å². The lowest BCUT2D eigenvalue weighted by molar-refractivity contribution is -0.128. The number of pyridine rings is 1. The Morgan fingerprint density at radius 3 is 2.58 bits per heavy atom. The molecule has 1 amide bonds. The van der Waals surface area contributed by atoms with Gasteiger partial charge in [-0.25, -0.2) is 4.98 Å². The smallest absolute Gasteiger partial charge is 0.237 e. The van der Waals surface area contributed by atoms with Gasteiger partial charge in [-0.1, -0.05) is 26.7 Å². The fraction of sp³-hybridized carbons (Fsp3) is 0.650. The summed E-state index contributed by atoms with van der Waals surface area (Å²) in [6, 6.07) is 6.09. The molecule has 0 aromatic carbocycles. The fourth-order valence-electron chi connectivity index (χ4n) is 4.20. The molecule has 140 valence electrons. The molecule has 1 saturated heterocycles. The van der Waals surface area contributed by atoms with Crippen molar-refractivity contribution < 1.29 is 4.79 Å². The topological polar surface area (TPSA) is 72.3 Å². The monoisotopic (exact) mass is 355 g/mol. The number of carbonyl (C=O) groups is 1. The molecule has 2 fully saturated rings. The van der Waals surface area contributed by atoms with Crippen LogP contribution in [0.3, 0.4) is 0 Å². The molecule has 1 aromatic rings. The first-order valence-corrected chi connectivity index (χ1v) is 9.74. The molecule has 6 nitrogen and oxygen atoms in total. The maximum atomic E-state index is 12.9. The molecule has 6 heteroatoms. The first-order chi connectivity index (χ1) is 12.6. The molecule has 1 atom stereocenters. The summed E-state index contributed by atoms with van der Waals surface area (Å²) in [5.41, 5.74) is 0.611. The number of amides is 1. The van der Waals surface area contributed by atoms with Crippen LogP contribution in [0.4, 0.5) is 5.82 Å². The van der Waals surface area contributed by atoms with Crippen molar-refractivity contribution in [1.82, 2.24) is 15.2 Å². The van der Waals surface area contributed by atoms with Crippen molar-refractivity contribution in [3.8, 4) is 6.07 Å². The molecule has 2 heterocycles. The predicted molar refractivity (Wildman–Crippen MR) is 102 cm³/mol. The first-order valence-electron chi connectivity index (χ1n) is 9.74. The number of rotatable bonds is 5. The quantitative estimate of drug-likeness (QED) is 0.876. The highest BCUT2D eigenvalue weighted by Crippen LogP contribution is 2.22. The maximum Gasteiger partial charge on any atom is 0.237 e. The molecule has 2 aliphatic rings. The minimum absolute atomic E-state index is 0.0862. The van der Waals surface area contributed by atoms with Crippen LogP contribution in [0.1, 0.15) is 45.1 Å². The van der Waals surface area contributed by atoms with Crippen molar-refractivity contribution >= 4 is 11.7 Å². The third kappa shape index (κ3) is 4.16. The molecule has 26 heavy (non-hydrogen) atoms. The summed E-state index contributed by atoms with van der Waals surface area (Å²) in [6.07, 6.45) is 6.40. The highest BCUT2D eigenvalue weighted by molar-refractivity contribution is 5.82. The van der Waals surface area contributed by atoms with Crippen LogP contribution in [0.25, 0.3) is 0 Å². The number of nitrogens with one attached hydrogen (secondary N) is 1. The normalized spacial score (nSPS) is 20.2. The van der Waals surface area contributed by atoms with Gasteiger partial charge in [0.15, 0.2) is 0 Å². The van der Waals surface area contributed by atoms with Gasteiger partial charge in [-0.3, -0.25) is 9.69 Å². The van der Waals surface area contributed by atoms with E-state index >= 15 is 0 Å². The summed E-state index contributed by atoms with van der Waals surface area (Å²) in [6.45, 7) is 7.43. The number of nitrogens with zero attached hydrogens (tertiary/aromatic N) is 4. The number of hydrogen-bond donors (Lipinski definition) is 1. The second-order valence-electron chi connectivity index (χ2n) is 7.69. The van der Waals surface area contributed by atoms with Crippen molar-refractivity contribution in [3.05, 3.63) is 23.9 Å². The van der Waals surface area contributed by atoms with Gasteiger partial charge in [0.25, 0.3) is 0 Å². The summed E-state index contributed by atoms with van der Waals surface area (Å²) in [7, 11) is 0. The van der Waals surface area contributed by atoms with Gasteiger partial charge >= 0.3 is 0 Å². The average molecular weight is 355 g/mol. The Bertz CT molecular complexity index is 654. The van der Waals surface area contributed by atoms with Gasteiger partial charge in [-0.05, 0) is 30.9 Å². The molecule has 1 aliphatic heterocycles. The Balaban J connectivity index is 1.62.